The Morgan fingerprint density at radius 3 is 2.14 bits per heavy atom. The highest BCUT2D eigenvalue weighted by molar-refractivity contribution is 5.65. The van der Waals surface area contributed by atoms with E-state index in [1.807, 2.05) is 0 Å². The molecule has 2 aliphatic rings. The maximum atomic E-state index is 14.1. The molecule has 1 heterocycles. The first-order valence-corrected chi connectivity index (χ1v) is 15.3. The van der Waals surface area contributed by atoms with Gasteiger partial charge < -0.3 is 4.90 Å². The standard InChI is InChI=1S/C38H37F3N2/c1-26-9-15-35(16-10-26)43-19-17-33(18-20-43)37(2,34-14-13-32(25-42)36(23-34)38(39,40)41)24-27-5-3-6-29(21-27)31-8-4-7-30(22-31)28-11-12-28/h3-10,13-16,21-23,28,33H,11-12,17-20,24H2,1-2H3. The van der Waals surface area contributed by atoms with Crippen molar-refractivity contribution in [2.45, 2.75) is 63.5 Å². The second kappa shape index (κ2) is 11.6. The fourth-order valence-corrected chi connectivity index (χ4v) is 6.92. The fourth-order valence-electron chi connectivity index (χ4n) is 6.92. The van der Waals surface area contributed by atoms with Gasteiger partial charge in [0.05, 0.1) is 17.2 Å². The molecule has 4 aromatic rings. The molecule has 1 saturated heterocycles. The van der Waals surface area contributed by atoms with E-state index in [2.05, 4.69) is 91.5 Å². The maximum Gasteiger partial charge on any atom is 0.417 e. The van der Waals surface area contributed by atoms with Gasteiger partial charge in [-0.15, -0.1) is 0 Å². The van der Waals surface area contributed by atoms with Crippen LogP contribution in [0.4, 0.5) is 18.9 Å². The molecule has 6 rings (SSSR count). The quantitative estimate of drug-likeness (QED) is 0.218. The second-order valence-electron chi connectivity index (χ2n) is 12.7. The molecule has 2 nitrogen and oxygen atoms in total. The minimum atomic E-state index is -4.59. The molecule has 0 amide bonds. The molecule has 0 bridgehead atoms. The lowest BCUT2D eigenvalue weighted by atomic mass is 9.64. The second-order valence-corrected chi connectivity index (χ2v) is 12.7. The maximum absolute atomic E-state index is 14.1. The Balaban J connectivity index is 1.34. The third kappa shape index (κ3) is 6.20. The highest BCUT2D eigenvalue weighted by atomic mass is 19.4. The van der Waals surface area contributed by atoms with Gasteiger partial charge in [0, 0.05) is 18.8 Å². The molecule has 0 aromatic heterocycles. The summed E-state index contributed by atoms with van der Waals surface area (Å²) in [6.45, 7) is 5.90. The molecule has 43 heavy (non-hydrogen) atoms. The van der Waals surface area contributed by atoms with Gasteiger partial charge in [-0.25, -0.2) is 0 Å². The number of anilines is 1. The minimum absolute atomic E-state index is 0.171. The minimum Gasteiger partial charge on any atom is -0.372 e. The van der Waals surface area contributed by atoms with Crippen molar-refractivity contribution in [3.63, 3.8) is 0 Å². The zero-order valence-corrected chi connectivity index (χ0v) is 24.8. The van der Waals surface area contributed by atoms with Crippen molar-refractivity contribution in [2.24, 2.45) is 5.92 Å². The highest BCUT2D eigenvalue weighted by Crippen LogP contribution is 2.45. The monoisotopic (exact) mass is 578 g/mol. The summed E-state index contributed by atoms with van der Waals surface area (Å²) in [5.74, 6) is 0.835. The van der Waals surface area contributed by atoms with Crippen LogP contribution in [-0.4, -0.2) is 13.1 Å². The van der Waals surface area contributed by atoms with Gasteiger partial charge in [0.25, 0.3) is 0 Å². The predicted octanol–water partition coefficient (Wildman–Crippen LogP) is 9.85. The van der Waals surface area contributed by atoms with Crippen LogP contribution in [-0.2, 0) is 18.0 Å². The molecule has 2 fully saturated rings. The number of hydrogen-bond acceptors (Lipinski definition) is 2. The third-order valence-electron chi connectivity index (χ3n) is 9.67. The van der Waals surface area contributed by atoms with E-state index in [4.69, 9.17) is 0 Å². The molecular weight excluding hydrogens is 541 g/mol. The molecule has 1 aliphatic heterocycles. The zero-order chi connectivity index (χ0) is 30.2. The first-order valence-electron chi connectivity index (χ1n) is 15.3. The number of halogens is 3. The van der Waals surface area contributed by atoms with Crippen molar-refractivity contribution < 1.29 is 13.2 Å². The first kappa shape index (κ1) is 29.1. The van der Waals surface area contributed by atoms with Gasteiger partial charge in [-0.2, -0.15) is 18.4 Å². The molecular formula is C38H37F3N2. The van der Waals surface area contributed by atoms with Crippen molar-refractivity contribution in [3.8, 4) is 17.2 Å². The van der Waals surface area contributed by atoms with Crippen molar-refractivity contribution in [2.75, 3.05) is 18.0 Å². The molecule has 4 aromatic carbocycles. The number of rotatable bonds is 7. The Labute approximate surface area is 252 Å². The number of alkyl halides is 3. The molecule has 1 unspecified atom stereocenters. The Hall–Kier alpha value is -4.04. The number of nitriles is 1. The van der Waals surface area contributed by atoms with Crippen LogP contribution in [0.2, 0.25) is 0 Å². The van der Waals surface area contributed by atoms with E-state index in [1.165, 1.54) is 47.4 Å². The van der Waals surface area contributed by atoms with Gasteiger partial charge in [-0.1, -0.05) is 79.2 Å². The average Bonchev–Trinajstić information content (AvgIpc) is 3.87. The molecule has 1 aliphatic carbocycles. The van der Waals surface area contributed by atoms with Crippen molar-refractivity contribution in [3.05, 3.63) is 124 Å². The third-order valence-corrected chi connectivity index (χ3v) is 9.67. The van der Waals surface area contributed by atoms with Gasteiger partial charge in [0.15, 0.2) is 0 Å². The van der Waals surface area contributed by atoms with Crippen LogP contribution in [0.1, 0.15) is 71.9 Å². The lowest BCUT2D eigenvalue weighted by molar-refractivity contribution is -0.137. The van der Waals surface area contributed by atoms with Crippen LogP contribution in [0, 0.1) is 24.2 Å². The number of aryl methyl sites for hydroxylation is 1. The lowest BCUT2D eigenvalue weighted by Gasteiger charge is -2.44. The van der Waals surface area contributed by atoms with Crippen LogP contribution >= 0.6 is 0 Å². The van der Waals surface area contributed by atoms with E-state index < -0.39 is 17.2 Å². The summed E-state index contributed by atoms with van der Waals surface area (Å²) in [5, 5.41) is 9.45. The first-order chi connectivity index (χ1) is 20.6. The largest absolute Gasteiger partial charge is 0.417 e. The smallest absolute Gasteiger partial charge is 0.372 e. The molecule has 0 spiro atoms. The summed E-state index contributed by atoms with van der Waals surface area (Å²) in [6.07, 6.45) is 0.249. The Morgan fingerprint density at radius 2 is 1.49 bits per heavy atom. The van der Waals surface area contributed by atoms with Gasteiger partial charge in [-0.3, -0.25) is 0 Å². The summed E-state index contributed by atoms with van der Waals surface area (Å²) in [4.78, 5) is 2.38. The molecule has 0 N–H and O–H groups in total. The average molecular weight is 579 g/mol. The fraction of sp³-hybridized carbons (Fsp3) is 0.342. The van der Waals surface area contributed by atoms with Gasteiger partial charge in [0.1, 0.15) is 0 Å². The molecule has 1 saturated carbocycles. The number of nitrogens with zero attached hydrogens (tertiary/aromatic N) is 2. The summed E-state index contributed by atoms with van der Waals surface area (Å²) in [6, 6.07) is 31.9. The van der Waals surface area contributed by atoms with E-state index in [-0.39, 0.29) is 11.5 Å². The van der Waals surface area contributed by atoms with Crippen LogP contribution < -0.4 is 4.90 Å². The molecule has 5 heteroatoms. The summed E-state index contributed by atoms with van der Waals surface area (Å²) < 4.78 is 42.3. The number of hydrogen-bond donors (Lipinski definition) is 0. The highest BCUT2D eigenvalue weighted by Gasteiger charge is 2.41. The Morgan fingerprint density at radius 1 is 0.814 bits per heavy atom. The molecule has 220 valence electrons. The summed E-state index contributed by atoms with van der Waals surface area (Å²) in [7, 11) is 0. The van der Waals surface area contributed by atoms with Crippen LogP contribution in [0.25, 0.3) is 11.1 Å². The van der Waals surface area contributed by atoms with E-state index in [0.717, 1.165) is 37.1 Å². The summed E-state index contributed by atoms with van der Waals surface area (Å²) >= 11 is 0. The lowest BCUT2D eigenvalue weighted by Crippen LogP contribution is -2.43. The van der Waals surface area contributed by atoms with E-state index >= 15 is 0 Å². The van der Waals surface area contributed by atoms with Crippen LogP contribution in [0.5, 0.6) is 0 Å². The normalized spacial score (nSPS) is 17.3. The number of benzene rings is 4. The Kier molecular flexibility index (Phi) is 7.81. The van der Waals surface area contributed by atoms with E-state index in [1.54, 1.807) is 12.1 Å². The van der Waals surface area contributed by atoms with Crippen molar-refractivity contribution in [1.82, 2.24) is 0 Å². The SMILES string of the molecule is Cc1ccc(N2CCC(C(C)(Cc3cccc(-c4cccc(C5CC5)c4)c3)c3ccc(C#N)c(C(F)(F)F)c3)CC2)cc1. The van der Waals surface area contributed by atoms with Gasteiger partial charge in [-0.05, 0) is 108 Å². The molecule has 0 radical (unpaired) electrons. The number of piperidine rings is 1. The van der Waals surface area contributed by atoms with Crippen LogP contribution in [0.3, 0.4) is 0 Å². The van der Waals surface area contributed by atoms with Gasteiger partial charge >= 0.3 is 6.18 Å². The van der Waals surface area contributed by atoms with Crippen molar-refractivity contribution >= 4 is 5.69 Å². The van der Waals surface area contributed by atoms with E-state index in [0.29, 0.717) is 17.9 Å². The van der Waals surface area contributed by atoms with Crippen LogP contribution in [0.15, 0.2) is 91.0 Å². The van der Waals surface area contributed by atoms with E-state index in [9.17, 15) is 18.4 Å². The summed E-state index contributed by atoms with van der Waals surface area (Å²) in [5.41, 5.74) is 6.12. The topological polar surface area (TPSA) is 27.0 Å². The zero-order valence-electron chi connectivity index (χ0n) is 24.8. The predicted molar refractivity (Wildman–Crippen MR) is 167 cm³/mol. The molecule has 1 atom stereocenters. The van der Waals surface area contributed by atoms with Crippen molar-refractivity contribution in [1.29, 1.82) is 5.26 Å². The Bertz CT molecular complexity index is 1640. The van der Waals surface area contributed by atoms with Gasteiger partial charge in [0.2, 0.25) is 0 Å².